The van der Waals surface area contributed by atoms with Crippen molar-refractivity contribution in [3.63, 3.8) is 0 Å². The van der Waals surface area contributed by atoms with Crippen LogP contribution in [0, 0.1) is 5.41 Å². The van der Waals surface area contributed by atoms with Gasteiger partial charge in [0, 0.05) is 0 Å². The monoisotopic (exact) mass is 228 g/mol. The fourth-order valence-corrected chi connectivity index (χ4v) is 1.54. The second-order valence-corrected chi connectivity index (χ2v) is 4.87. The van der Waals surface area contributed by atoms with Gasteiger partial charge >= 0.3 is 5.97 Å². The molecule has 0 atom stereocenters. The molecule has 0 aromatic carbocycles. The van der Waals surface area contributed by atoms with Gasteiger partial charge in [0.15, 0.2) is 17.0 Å². The standard InChI is InChI=1S/C12H20O4/c1-7-12(8(2)13,9(3)14)10(15)16-11(4,5)6/h7H2,1-6H3. The molecule has 0 N–H and O–H groups in total. The third kappa shape index (κ3) is 2.90. The molecular formula is C12H20O4. The van der Waals surface area contributed by atoms with E-state index in [0.29, 0.717) is 0 Å². The van der Waals surface area contributed by atoms with E-state index in [1.165, 1.54) is 13.8 Å². The molecular weight excluding hydrogens is 208 g/mol. The molecule has 4 heteroatoms. The van der Waals surface area contributed by atoms with Crippen LogP contribution in [0.5, 0.6) is 0 Å². The molecule has 0 rings (SSSR count). The summed E-state index contributed by atoms with van der Waals surface area (Å²) in [5, 5.41) is 0. The molecule has 0 amide bonds. The van der Waals surface area contributed by atoms with Gasteiger partial charge in [-0.05, 0) is 41.0 Å². The zero-order valence-electron chi connectivity index (χ0n) is 10.8. The molecule has 0 aliphatic carbocycles. The molecule has 0 saturated heterocycles. The summed E-state index contributed by atoms with van der Waals surface area (Å²) in [5.74, 6) is -1.67. The van der Waals surface area contributed by atoms with Gasteiger partial charge in [-0.1, -0.05) is 6.92 Å². The van der Waals surface area contributed by atoms with Crippen molar-refractivity contribution in [3.05, 3.63) is 0 Å². The van der Waals surface area contributed by atoms with Crippen molar-refractivity contribution in [2.75, 3.05) is 0 Å². The molecule has 0 aromatic rings. The lowest BCUT2D eigenvalue weighted by Crippen LogP contribution is -2.47. The molecule has 0 saturated carbocycles. The third-order valence-electron chi connectivity index (χ3n) is 2.48. The van der Waals surface area contributed by atoms with Crippen LogP contribution in [-0.4, -0.2) is 23.1 Å². The fraction of sp³-hybridized carbons (Fsp3) is 0.750. The van der Waals surface area contributed by atoms with Gasteiger partial charge in [-0.2, -0.15) is 0 Å². The van der Waals surface area contributed by atoms with E-state index in [-0.39, 0.29) is 6.42 Å². The number of esters is 1. The average molecular weight is 228 g/mol. The number of rotatable bonds is 4. The molecule has 0 fully saturated rings. The summed E-state index contributed by atoms with van der Waals surface area (Å²) in [6.45, 7) is 9.22. The average Bonchev–Trinajstić information content (AvgIpc) is 2.00. The molecule has 0 aliphatic rings. The van der Waals surface area contributed by atoms with E-state index in [1.54, 1.807) is 27.7 Å². The summed E-state index contributed by atoms with van der Waals surface area (Å²) in [6, 6.07) is 0. The lowest BCUT2D eigenvalue weighted by Gasteiger charge is -2.29. The van der Waals surface area contributed by atoms with Crippen LogP contribution in [0.15, 0.2) is 0 Å². The molecule has 0 spiro atoms. The maximum Gasteiger partial charge on any atom is 0.327 e. The topological polar surface area (TPSA) is 60.4 Å². The van der Waals surface area contributed by atoms with Crippen molar-refractivity contribution in [2.24, 2.45) is 5.41 Å². The van der Waals surface area contributed by atoms with Crippen LogP contribution in [0.3, 0.4) is 0 Å². The molecule has 16 heavy (non-hydrogen) atoms. The molecule has 92 valence electrons. The molecule has 0 aromatic heterocycles. The summed E-state index contributed by atoms with van der Waals surface area (Å²) in [7, 11) is 0. The van der Waals surface area contributed by atoms with Crippen LogP contribution in [0.2, 0.25) is 0 Å². The Morgan fingerprint density at radius 2 is 1.38 bits per heavy atom. The second kappa shape index (κ2) is 4.76. The van der Waals surface area contributed by atoms with Crippen LogP contribution in [0.4, 0.5) is 0 Å². The quantitative estimate of drug-likeness (QED) is 0.544. The minimum atomic E-state index is -1.63. The van der Waals surface area contributed by atoms with Crippen LogP contribution in [-0.2, 0) is 19.1 Å². The molecule has 0 unspecified atom stereocenters. The van der Waals surface area contributed by atoms with E-state index in [1.807, 2.05) is 0 Å². The lowest BCUT2D eigenvalue weighted by atomic mass is 9.77. The minimum Gasteiger partial charge on any atom is -0.459 e. The van der Waals surface area contributed by atoms with Gasteiger partial charge < -0.3 is 4.74 Å². The van der Waals surface area contributed by atoms with E-state index in [9.17, 15) is 14.4 Å². The Kier molecular flexibility index (Phi) is 4.41. The Morgan fingerprint density at radius 1 is 1.00 bits per heavy atom. The van der Waals surface area contributed by atoms with E-state index in [4.69, 9.17) is 4.74 Å². The second-order valence-electron chi connectivity index (χ2n) is 4.87. The summed E-state index contributed by atoms with van der Waals surface area (Å²) in [6.07, 6.45) is 0.132. The van der Waals surface area contributed by atoms with Gasteiger partial charge in [-0.3, -0.25) is 14.4 Å². The third-order valence-corrected chi connectivity index (χ3v) is 2.48. The predicted molar refractivity (Wildman–Crippen MR) is 59.9 cm³/mol. The molecule has 0 bridgehead atoms. The number of carbonyl (C=O) groups excluding carboxylic acids is 3. The number of ether oxygens (including phenoxy) is 1. The fourth-order valence-electron chi connectivity index (χ4n) is 1.54. The first-order chi connectivity index (χ1) is 7.08. The Hall–Kier alpha value is -1.19. The highest BCUT2D eigenvalue weighted by molar-refractivity contribution is 6.21. The zero-order valence-corrected chi connectivity index (χ0v) is 10.8. The SMILES string of the molecule is CCC(C(C)=O)(C(C)=O)C(=O)OC(C)(C)C. The van der Waals surface area contributed by atoms with E-state index < -0.39 is 28.6 Å². The van der Waals surface area contributed by atoms with Gasteiger partial charge in [0.25, 0.3) is 0 Å². The zero-order chi connectivity index (χ0) is 13.1. The number of hydrogen-bond acceptors (Lipinski definition) is 4. The summed E-state index contributed by atoms with van der Waals surface area (Å²) >= 11 is 0. The summed E-state index contributed by atoms with van der Waals surface area (Å²) in [4.78, 5) is 35.0. The van der Waals surface area contributed by atoms with Crippen molar-refractivity contribution >= 4 is 17.5 Å². The largest absolute Gasteiger partial charge is 0.459 e. The highest BCUT2D eigenvalue weighted by Gasteiger charge is 2.48. The smallest absolute Gasteiger partial charge is 0.327 e. The molecule has 4 nitrogen and oxygen atoms in total. The Bertz CT molecular complexity index is 295. The number of hydrogen-bond donors (Lipinski definition) is 0. The van der Waals surface area contributed by atoms with Crippen molar-refractivity contribution in [1.82, 2.24) is 0 Å². The van der Waals surface area contributed by atoms with Crippen LogP contribution in [0.25, 0.3) is 0 Å². The van der Waals surface area contributed by atoms with Crippen LogP contribution in [0.1, 0.15) is 48.0 Å². The maximum atomic E-state index is 11.9. The van der Waals surface area contributed by atoms with E-state index in [0.717, 1.165) is 0 Å². The van der Waals surface area contributed by atoms with Gasteiger partial charge in [0.05, 0.1) is 0 Å². The van der Waals surface area contributed by atoms with Gasteiger partial charge in [0.2, 0.25) is 0 Å². The maximum absolute atomic E-state index is 11.9. The number of Topliss-reactive ketones (excluding diaryl/α,β-unsaturated/α-hetero) is 2. The molecule has 0 heterocycles. The lowest BCUT2D eigenvalue weighted by molar-refractivity contribution is -0.172. The van der Waals surface area contributed by atoms with Gasteiger partial charge in [-0.15, -0.1) is 0 Å². The highest BCUT2D eigenvalue weighted by atomic mass is 16.6. The van der Waals surface area contributed by atoms with Crippen LogP contribution < -0.4 is 0 Å². The van der Waals surface area contributed by atoms with Crippen molar-refractivity contribution in [1.29, 1.82) is 0 Å². The van der Waals surface area contributed by atoms with Crippen LogP contribution >= 0.6 is 0 Å². The normalized spacial score (nSPS) is 12.1. The first-order valence-electron chi connectivity index (χ1n) is 5.33. The van der Waals surface area contributed by atoms with Crippen molar-refractivity contribution in [3.8, 4) is 0 Å². The van der Waals surface area contributed by atoms with Crippen molar-refractivity contribution in [2.45, 2.75) is 53.6 Å². The molecule has 0 radical (unpaired) electrons. The minimum absolute atomic E-state index is 0.132. The van der Waals surface area contributed by atoms with Crippen molar-refractivity contribution < 1.29 is 19.1 Å². The summed E-state index contributed by atoms with van der Waals surface area (Å²) in [5.41, 5.74) is -2.34. The Labute approximate surface area is 96.4 Å². The first kappa shape index (κ1) is 14.8. The van der Waals surface area contributed by atoms with E-state index >= 15 is 0 Å². The number of ketones is 2. The predicted octanol–water partition coefficient (Wildman–Crippen LogP) is 1.90. The Morgan fingerprint density at radius 3 is 1.56 bits per heavy atom. The van der Waals surface area contributed by atoms with E-state index in [2.05, 4.69) is 0 Å². The van der Waals surface area contributed by atoms with Gasteiger partial charge in [-0.25, -0.2) is 0 Å². The van der Waals surface area contributed by atoms with Gasteiger partial charge in [0.1, 0.15) is 5.60 Å². The highest BCUT2D eigenvalue weighted by Crippen LogP contribution is 2.28. The first-order valence-corrected chi connectivity index (χ1v) is 5.33. The summed E-state index contributed by atoms with van der Waals surface area (Å²) < 4.78 is 5.14. The molecule has 0 aliphatic heterocycles. The number of carbonyl (C=O) groups is 3. The Balaban J connectivity index is 5.29.